The zero-order valence-electron chi connectivity index (χ0n) is 12.4. The van der Waals surface area contributed by atoms with Gasteiger partial charge >= 0.3 is 5.97 Å². The van der Waals surface area contributed by atoms with E-state index in [2.05, 4.69) is 10.2 Å². The van der Waals surface area contributed by atoms with E-state index in [9.17, 15) is 4.79 Å². The van der Waals surface area contributed by atoms with Gasteiger partial charge in [-0.25, -0.2) is 0 Å². The Bertz CT molecular complexity index is 409. The van der Waals surface area contributed by atoms with Crippen molar-refractivity contribution in [1.29, 1.82) is 0 Å². The number of fused-ring (bicyclic) bond motifs is 2. The van der Waals surface area contributed by atoms with Gasteiger partial charge < -0.3 is 4.74 Å². The van der Waals surface area contributed by atoms with Crippen molar-refractivity contribution in [1.82, 2.24) is 10.2 Å². The summed E-state index contributed by atoms with van der Waals surface area (Å²) in [5.74, 6) is 0.903. The molecular weight excluding hydrogens is 252 g/mol. The first-order valence-corrected chi connectivity index (χ1v) is 8.32. The lowest BCUT2D eigenvalue weighted by molar-refractivity contribution is -0.148. The first-order valence-electron chi connectivity index (χ1n) is 8.32. The summed E-state index contributed by atoms with van der Waals surface area (Å²) in [6, 6.07) is 1.96. The van der Waals surface area contributed by atoms with Crippen molar-refractivity contribution >= 4 is 5.97 Å². The monoisotopic (exact) mass is 278 g/mol. The van der Waals surface area contributed by atoms with Crippen molar-refractivity contribution < 1.29 is 9.53 Å². The zero-order chi connectivity index (χ0) is 13.7. The van der Waals surface area contributed by atoms with Gasteiger partial charge in [-0.1, -0.05) is 0 Å². The molecule has 0 spiro atoms. The largest absolute Gasteiger partial charge is 0.468 e. The number of esters is 1. The van der Waals surface area contributed by atoms with E-state index in [0.717, 1.165) is 31.2 Å². The Kier molecular flexibility index (Phi) is 3.08. The summed E-state index contributed by atoms with van der Waals surface area (Å²) in [6.07, 6.45) is 9.71. The molecule has 4 rings (SSSR count). The maximum absolute atomic E-state index is 12.3. The molecule has 4 unspecified atom stereocenters. The van der Waals surface area contributed by atoms with Crippen LogP contribution in [-0.2, 0) is 9.53 Å². The molecule has 3 saturated carbocycles. The molecule has 0 aromatic carbocycles. The van der Waals surface area contributed by atoms with E-state index in [1.165, 1.54) is 45.8 Å². The second kappa shape index (κ2) is 4.70. The highest BCUT2D eigenvalue weighted by molar-refractivity contribution is 5.81. The third kappa shape index (κ3) is 2.08. The van der Waals surface area contributed by atoms with Gasteiger partial charge in [-0.2, -0.15) is 0 Å². The molecule has 112 valence electrons. The molecule has 1 saturated heterocycles. The first kappa shape index (κ1) is 13.1. The fourth-order valence-electron chi connectivity index (χ4n) is 4.90. The summed E-state index contributed by atoms with van der Waals surface area (Å²) < 4.78 is 5.12. The standard InChI is InChI=1S/C16H26N2O2/c1-20-15(19)16(17-12-3-4-12)7-6-14(9-16)18-10-11-2-5-13(18)8-11/h11-14,17H,2-10H2,1H3. The lowest BCUT2D eigenvalue weighted by Gasteiger charge is -2.34. The zero-order valence-corrected chi connectivity index (χ0v) is 12.4. The van der Waals surface area contributed by atoms with E-state index in [1.54, 1.807) is 0 Å². The van der Waals surface area contributed by atoms with E-state index in [-0.39, 0.29) is 11.5 Å². The summed E-state index contributed by atoms with van der Waals surface area (Å²) in [7, 11) is 1.53. The van der Waals surface area contributed by atoms with Crippen LogP contribution in [0.5, 0.6) is 0 Å². The van der Waals surface area contributed by atoms with Gasteiger partial charge in [-0.15, -0.1) is 0 Å². The Morgan fingerprint density at radius 3 is 2.65 bits per heavy atom. The third-order valence-electron chi connectivity index (χ3n) is 6.04. The number of carbonyl (C=O) groups is 1. The fourth-order valence-corrected chi connectivity index (χ4v) is 4.90. The lowest BCUT2D eigenvalue weighted by Crippen LogP contribution is -2.53. The van der Waals surface area contributed by atoms with Gasteiger partial charge in [0.1, 0.15) is 5.54 Å². The maximum Gasteiger partial charge on any atom is 0.326 e. The second-order valence-electron chi connectivity index (χ2n) is 7.42. The molecule has 1 heterocycles. The summed E-state index contributed by atoms with van der Waals surface area (Å²) in [5.41, 5.74) is -0.386. The normalized spacial score (nSPS) is 44.1. The van der Waals surface area contributed by atoms with Crippen molar-refractivity contribution in [3.8, 4) is 0 Å². The highest BCUT2D eigenvalue weighted by Crippen LogP contribution is 2.44. The molecule has 0 radical (unpaired) electrons. The van der Waals surface area contributed by atoms with Crippen LogP contribution in [0.15, 0.2) is 0 Å². The molecule has 1 N–H and O–H groups in total. The van der Waals surface area contributed by atoms with E-state index in [0.29, 0.717) is 12.1 Å². The van der Waals surface area contributed by atoms with Gasteiger partial charge in [0.25, 0.3) is 0 Å². The maximum atomic E-state index is 12.3. The summed E-state index contributed by atoms with van der Waals surface area (Å²) in [6.45, 7) is 1.27. The van der Waals surface area contributed by atoms with Crippen LogP contribution in [0.25, 0.3) is 0 Å². The van der Waals surface area contributed by atoms with Gasteiger partial charge in [0.15, 0.2) is 0 Å². The average molecular weight is 278 g/mol. The van der Waals surface area contributed by atoms with Crippen LogP contribution in [0.2, 0.25) is 0 Å². The predicted octanol–water partition coefficient (Wildman–Crippen LogP) is 1.69. The number of methoxy groups -OCH3 is 1. The molecule has 3 aliphatic carbocycles. The SMILES string of the molecule is COC(=O)C1(NC2CC2)CCC(N2CC3CCC2C3)C1. The summed E-state index contributed by atoms with van der Waals surface area (Å²) >= 11 is 0. The van der Waals surface area contributed by atoms with Gasteiger partial charge in [-0.05, 0) is 57.3 Å². The van der Waals surface area contributed by atoms with E-state index >= 15 is 0 Å². The number of ether oxygens (including phenoxy) is 1. The number of hydrogen-bond donors (Lipinski definition) is 1. The van der Waals surface area contributed by atoms with Gasteiger partial charge in [0.2, 0.25) is 0 Å². The van der Waals surface area contributed by atoms with Crippen LogP contribution in [0, 0.1) is 5.92 Å². The van der Waals surface area contributed by atoms with Crippen molar-refractivity contribution in [2.24, 2.45) is 5.92 Å². The van der Waals surface area contributed by atoms with Crippen molar-refractivity contribution in [2.45, 2.75) is 75.0 Å². The number of nitrogens with zero attached hydrogens (tertiary/aromatic N) is 1. The van der Waals surface area contributed by atoms with Gasteiger partial charge in [0, 0.05) is 24.7 Å². The fraction of sp³-hybridized carbons (Fsp3) is 0.938. The molecule has 0 aromatic rings. The van der Waals surface area contributed by atoms with Gasteiger partial charge in [-0.3, -0.25) is 15.0 Å². The minimum Gasteiger partial charge on any atom is -0.468 e. The third-order valence-corrected chi connectivity index (χ3v) is 6.04. The van der Waals surface area contributed by atoms with Crippen LogP contribution < -0.4 is 5.32 Å². The average Bonchev–Trinajstić information content (AvgIpc) is 2.91. The molecule has 4 atom stereocenters. The number of nitrogens with one attached hydrogen (secondary N) is 1. The lowest BCUT2D eigenvalue weighted by atomic mass is 9.96. The van der Waals surface area contributed by atoms with Crippen LogP contribution in [0.1, 0.15) is 51.4 Å². The summed E-state index contributed by atoms with van der Waals surface area (Å²) in [5, 5.41) is 3.61. The second-order valence-corrected chi connectivity index (χ2v) is 7.42. The van der Waals surface area contributed by atoms with E-state index in [4.69, 9.17) is 4.74 Å². The molecule has 2 bridgehead atoms. The number of likely N-dealkylation sites (tertiary alicyclic amines) is 1. The number of hydrogen-bond acceptors (Lipinski definition) is 4. The van der Waals surface area contributed by atoms with Crippen LogP contribution in [0.4, 0.5) is 0 Å². The van der Waals surface area contributed by atoms with E-state index in [1.807, 2.05) is 0 Å². The molecule has 4 heteroatoms. The Morgan fingerprint density at radius 1 is 1.20 bits per heavy atom. The Morgan fingerprint density at radius 2 is 2.05 bits per heavy atom. The quantitative estimate of drug-likeness (QED) is 0.795. The predicted molar refractivity (Wildman–Crippen MR) is 76.4 cm³/mol. The topological polar surface area (TPSA) is 41.6 Å². The molecule has 4 nitrogen and oxygen atoms in total. The minimum absolute atomic E-state index is 0.0312. The summed E-state index contributed by atoms with van der Waals surface area (Å²) in [4.78, 5) is 15.0. The highest BCUT2D eigenvalue weighted by Gasteiger charge is 2.52. The van der Waals surface area contributed by atoms with E-state index < -0.39 is 0 Å². The molecule has 20 heavy (non-hydrogen) atoms. The van der Waals surface area contributed by atoms with Crippen molar-refractivity contribution in [3.63, 3.8) is 0 Å². The van der Waals surface area contributed by atoms with Crippen LogP contribution in [-0.4, -0.2) is 48.2 Å². The van der Waals surface area contributed by atoms with Crippen molar-refractivity contribution in [2.75, 3.05) is 13.7 Å². The smallest absolute Gasteiger partial charge is 0.326 e. The van der Waals surface area contributed by atoms with Crippen LogP contribution in [0.3, 0.4) is 0 Å². The molecule has 0 aromatic heterocycles. The van der Waals surface area contributed by atoms with Gasteiger partial charge in [0.05, 0.1) is 7.11 Å². The molecular formula is C16H26N2O2. The highest BCUT2D eigenvalue weighted by atomic mass is 16.5. The number of rotatable bonds is 4. The molecule has 1 aliphatic heterocycles. The Balaban J connectivity index is 1.47. The molecule has 0 amide bonds. The first-order chi connectivity index (χ1) is 9.70. The molecule has 4 fully saturated rings. The minimum atomic E-state index is -0.386. The number of piperidine rings is 1. The number of carbonyl (C=O) groups excluding carboxylic acids is 1. The Hall–Kier alpha value is -0.610. The Labute approximate surface area is 121 Å². The van der Waals surface area contributed by atoms with Crippen LogP contribution >= 0.6 is 0 Å². The molecule has 4 aliphatic rings. The van der Waals surface area contributed by atoms with Crippen molar-refractivity contribution in [3.05, 3.63) is 0 Å².